The zero-order valence-electron chi connectivity index (χ0n) is 17.0. The molecular formula is C21H35ClN2O3. The number of nitrogens with two attached hydrogens (primary N) is 1. The van der Waals surface area contributed by atoms with Crippen LogP contribution in [0, 0.1) is 11.8 Å². The average Bonchev–Trinajstić information content (AvgIpc) is 2.61. The first-order chi connectivity index (χ1) is 12.4. The Labute approximate surface area is 169 Å². The summed E-state index contributed by atoms with van der Waals surface area (Å²) in [5.74, 6) is 2.18. The van der Waals surface area contributed by atoms with Crippen LogP contribution in [0.25, 0.3) is 0 Å². The summed E-state index contributed by atoms with van der Waals surface area (Å²) in [4.78, 5) is 12.5. The molecule has 0 aromatic heterocycles. The van der Waals surface area contributed by atoms with Gasteiger partial charge in [-0.25, -0.2) is 0 Å². The van der Waals surface area contributed by atoms with E-state index >= 15 is 0 Å². The molecule has 5 nitrogen and oxygen atoms in total. The SMILES string of the molecule is COc1cc(C(C)NC(=O)C2CCCC(N)C2)ccc1OCCC(C)C.Cl. The molecule has 1 aliphatic carbocycles. The van der Waals surface area contributed by atoms with Crippen LogP contribution in [0.4, 0.5) is 0 Å². The van der Waals surface area contributed by atoms with Gasteiger partial charge in [-0.2, -0.15) is 0 Å². The average molecular weight is 399 g/mol. The normalized spacial score (nSPS) is 20.5. The maximum Gasteiger partial charge on any atom is 0.223 e. The number of methoxy groups -OCH3 is 1. The largest absolute Gasteiger partial charge is 0.493 e. The second kappa shape index (κ2) is 11.4. The smallest absolute Gasteiger partial charge is 0.223 e. The molecular weight excluding hydrogens is 364 g/mol. The molecule has 154 valence electrons. The van der Waals surface area contributed by atoms with Crippen molar-refractivity contribution in [3.8, 4) is 11.5 Å². The summed E-state index contributed by atoms with van der Waals surface area (Å²) in [6.07, 6.45) is 4.77. The maximum atomic E-state index is 12.5. The van der Waals surface area contributed by atoms with E-state index in [1.807, 2.05) is 25.1 Å². The molecule has 0 spiro atoms. The number of hydrogen-bond donors (Lipinski definition) is 2. The predicted octanol–water partition coefficient (Wildman–Crippen LogP) is 4.24. The quantitative estimate of drug-likeness (QED) is 0.686. The van der Waals surface area contributed by atoms with Crippen LogP contribution in [0.3, 0.4) is 0 Å². The van der Waals surface area contributed by atoms with Crippen molar-refractivity contribution in [3.05, 3.63) is 23.8 Å². The van der Waals surface area contributed by atoms with Gasteiger partial charge in [0.25, 0.3) is 0 Å². The molecule has 0 bridgehead atoms. The van der Waals surface area contributed by atoms with Crippen LogP contribution in [0.5, 0.6) is 11.5 Å². The highest BCUT2D eigenvalue weighted by Crippen LogP contribution is 2.31. The van der Waals surface area contributed by atoms with Crippen molar-refractivity contribution in [3.63, 3.8) is 0 Å². The van der Waals surface area contributed by atoms with Gasteiger partial charge in [-0.3, -0.25) is 4.79 Å². The van der Waals surface area contributed by atoms with Gasteiger partial charge in [0.15, 0.2) is 11.5 Å². The Morgan fingerprint density at radius 2 is 2.00 bits per heavy atom. The van der Waals surface area contributed by atoms with Crippen molar-refractivity contribution < 1.29 is 14.3 Å². The number of benzene rings is 1. The van der Waals surface area contributed by atoms with Crippen LogP contribution in [0.15, 0.2) is 18.2 Å². The number of carbonyl (C=O) groups excluding carboxylic acids is 1. The van der Waals surface area contributed by atoms with Crippen LogP contribution in [-0.4, -0.2) is 25.7 Å². The van der Waals surface area contributed by atoms with Gasteiger partial charge in [0.05, 0.1) is 19.8 Å². The summed E-state index contributed by atoms with van der Waals surface area (Å²) in [5, 5.41) is 3.12. The molecule has 1 amide bonds. The summed E-state index contributed by atoms with van der Waals surface area (Å²) in [6, 6.07) is 5.93. The molecule has 1 aromatic carbocycles. The first-order valence-corrected chi connectivity index (χ1v) is 9.77. The van der Waals surface area contributed by atoms with E-state index in [1.54, 1.807) is 7.11 Å². The van der Waals surface area contributed by atoms with Gasteiger partial charge in [-0.05, 0) is 56.2 Å². The fraction of sp³-hybridized carbons (Fsp3) is 0.667. The minimum atomic E-state index is -0.0840. The van der Waals surface area contributed by atoms with Gasteiger partial charge < -0.3 is 20.5 Å². The first-order valence-electron chi connectivity index (χ1n) is 9.77. The van der Waals surface area contributed by atoms with E-state index in [1.165, 1.54) is 0 Å². The summed E-state index contributed by atoms with van der Waals surface area (Å²) in [6.45, 7) is 7.01. The number of carbonyl (C=O) groups is 1. The number of rotatable bonds is 8. The predicted molar refractivity (Wildman–Crippen MR) is 112 cm³/mol. The molecule has 1 fully saturated rings. The third-order valence-corrected chi connectivity index (χ3v) is 5.08. The lowest BCUT2D eigenvalue weighted by Gasteiger charge is -2.27. The lowest BCUT2D eigenvalue weighted by Crippen LogP contribution is -2.38. The number of halogens is 1. The van der Waals surface area contributed by atoms with Crippen LogP contribution in [0.1, 0.15) is 64.5 Å². The Bertz CT molecular complexity index is 595. The van der Waals surface area contributed by atoms with Gasteiger partial charge in [0.2, 0.25) is 5.91 Å². The lowest BCUT2D eigenvalue weighted by molar-refractivity contribution is -0.126. The number of amides is 1. The Morgan fingerprint density at radius 3 is 2.63 bits per heavy atom. The van der Waals surface area contributed by atoms with Gasteiger partial charge in [-0.15, -0.1) is 12.4 Å². The zero-order valence-corrected chi connectivity index (χ0v) is 17.8. The fourth-order valence-corrected chi connectivity index (χ4v) is 3.36. The molecule has 3 atom stereocenters. The highest BCUT2D eigenvalue weighted by molar-refractivity contribution is 5.85. The Kier molecular flexibility index (Phi) is 9.95. The molecule has 1 saturated carbocycles. The van der Waals surface area contributed by atoms with Gasteiger partial charge in [0.1, 0.15) is 0 Å². The van der Waals surface area contributed by atoms with Crippen LogP contribution in [0.2, 0.25) is 0 Å². The second-order valence-electron chi connectivity index (χ2n) is 7.80. The van der Waals surface area contributed by atoms with E-state index in [4.69, 9.17) is 15.2 Å². The van der Waals surface area contributed by atoms with Crippen molar-refractivity contribution in [1.82, 2.24) is 5.32 Å². The molecule has 2 rings (SSSR count). The van der Waals surface area contributed by atoms with E-state index in [0.29, 0.717) is 18.3 Å². The van der Waals surface area contributed by atoms with E-state index < -0.39 is 0 Å². The third-order valence-electron chi connectivity index (χ3n) is 5.08. The summed E-state index contributed by atoms with van der Waals surface area (Å²) in [5.41, 5.74) is 7.01. The van der Waals surface area contributed by atoms with Crippen molar-refractivity contribution in [2.24, 2.45) is 17.6 Å². The highest BCUT2D eigenvalue weighted by atomic mass is 35.5. The van der Waals surface area contributed by atoms with E-state index in [9.17, 15) is 4.79 Å². The molecule has 0 aliphatic heterocycles. The van der Waals surface area contributed by atoms with Crippen LogP contribution in [-0.2, 0) is 4.79 Å². The Hall–Kier alpha value is -1.46. The van der Waals surface area contributed by atoms with E-state index in [0.717, 1.165) is 43.4 Å². The first kappa shape index (κ1) is 23.6. The number of ether oxygens (including phenoxy) is 2. The minimum Gasteiger partial charge on any atom is -0.493 e. The molecule has 0 heterocycles. The third kappa shape index (κ3) is 7.23. The molecule has 0 saturated heterocycles. The summed E-state index contributed by atoms with van der Waals surface area (Å²) < 4.78 is 11.3. The fourth-order valence-electron chi connectivity index (χ4n) is 3.36. The van der Waals surface area contributed by atoms with E-state index in [-0.39, 0.29) is 36.3 Å². The molecule has 0 radical (unpaired) electrons. The van der Waals surface area contributed by atoms with Crippen molar-refractivity contribution in [1.29, 1.82) is 0 Å². The van der Waals surface area contributed by atoms with Crippen molar-refractivity contribution >= 4 is 18.3 Å². The Balaban J connectivity index is 0.00000364. The summed E-state index contributed by atoms with van der Waals surface area (Å²) >= 11 is 0. The molecule has 27 heavy (non-hydrogen) atoms. The molecule has 3 N–H and O–H groups in total. The van der Waals surface area contributed by atoms with Gasteiger partial charge in [-0.1, -0.05) is 26.3 Å². The zero-order chi connectivity index (χ0) is 19.1. The molecule has 1 aromatic rings. The monoisotopic (exact) mass is 398 g/mol. The highest BCUT2D eigenvalue weighted by Gasteiger charge is 2.26. The van der Waals surface area contributed by atoms with Gasteiger partial charge >= 0.3 is 0 Å². The van der Waals surface area contributed by atoms with Crippen LogP contribution >= 0.6 is 12.4 Å². The van der Waals surface area contributed by atoms with Crippen LogP contribution < -0.4 is 20.5 Å². The lowest BCUT2D eigenvalue weighted by atomic mass is 9.85. The standard InChI is InChI=1S/C21H34N2O3.ClH/c1-14(2)10-11-26-19-9-8-16(13-20(19)25-4)15(3)23-21(24)17-6-5-7-18(22)12-17;/h8-9,13-15,17-18H,5-7,10-12,22H2,1-4H3,(H,23,24);1H. The second-order valence-corrected chi connectivity index (χ2v) is 7.80. The van der Waals surface area contributed by atoms with Crippen molar-refractivity contribution in [2.45, 2.75) is 65.0 Å². The summed E-state index contributed by atoms with van der Waals surface area (Å²) in [7, 11) is 1.64. The van der Waals surface area contributed by atoms with Gasteiger partial charge in [0, 0.05) is 12.0 Å². The Morgan fingerprint density at radius 1 is 1.26 bits per heavy atom. The molecule has 3 unspecified atom stereocenters. The maximum absolute atomic E-state index is 12.5. The minimum absolute atomic E-state index is 0. The van der Waals surface area contributed by atoms with Crippen molar-refractivity contribution in [2.75, 3.05) is 13.7 Å². The molecule has 6 heteroatoms. The van der Waals surface area contributed by atoms with E-state index in [2.05, 4.69) is 19.2 Å². The topological polar surface area (TPSA) is 73.6 Å². The molecule has 1 aliphatic rings. The number of hydrogen-bond acceptors (Lipinski definition) is 4. The number of nitrogens with one attached hydrogen (secondary N) is 1.